The maximum Gasteiger partial charge on any atom is 0.335 e. The molecule has 2 rings (SSSR count). The Bertz CT molecular complexity index is 665. The third-order valence-corrected chi connectivity index (χ3v) is 4.36. The minimum atomic E-state index is -1.02. The van der Waals surface area contributed by atoms with E-state index in [2.05, 4.69) is 5.32 Å². The van der Waals surface area contributed by atoms with Crippen LogP contribution in [0.5, 0.6) is 0 Å². The lowest BCUT2D eigenvalue weighted by atomic mass is 9.82. The summed E-state index contributed by atoms with van der Waals surface area (Å²) in [5.74, 6) is -2.64. The van der Waals surface area contributed by atoms with E-state index in [0.717, 1.165) is 6.42 Å². The molecular weight excluding hydrogens is 322 g/mol. The Labute approximate surface area is 146 Å². The van der Waals surface area contributed by atoms with Crippen LogP contribution in [0.25, 0.3) is 0 Å². The zero-order valence-electron chi connectivity index (χ0n) is 14.4. The molecule has 1 aromatic carbocycles. The predicted molar refractivity (Wildman–Crippen MR) is 93.2 cm³/mol. The van der Waals surface area contributed by atoms with Crippen molar-refractivity contribution in [2.75, 3.05) is 5.32 Å². The van der Waals surface area contributed by atoms with Crippen LogP contribution in [0.15, 0.2) is 36.4 Å². The van der Waals surface area contributed by atoms with E-state index in [4.69, 9.17) is 9.84 Å². The van der Waals surface area contributed by atoms with Gasteiger partial charge in [0.2, 0.25) is 5.91 Å². The number of carboxylic acid groups (broad SMARTS) is 1. The number of esters is 1. The Kier molecular flexibility index (Phi) is 6.33. The van der Waals surface area contributed by atoms with Gasteiger partial charge >= 0.3 is 11.9 Å². The summed E-state index contributed by atoms with van der Waals surface area (Å²) < 4.78 is 5.39. The Morgan fingerprint density at radius 1 is 1.16 bits per heavy atom. The van der Waals surface area contributed by atoms with Crippen LogP contribution in [0, 0.1) is 11.8 Å². The molecule has 25 heavy (non-hydrogen) atoms. The summed E-state index contributed by atoms with van der Waals surface area (Å²) in [6, 6.07) is 5.92. The fourth-order valence-electron chi connectivity index (χ4n) is 2.66. The first-order valence-corrected chi connectivity index (χ1v) is 8.42. The molecule has 0 aromatic heterocycles. The van der Waals surface area contributed by atoms with Gasteiger partial charge in [-0.1, -0.05) is 19.1 Å². The van der Waals surface area contributed by atoms with E-state index in [1.54, 1.807) is 0 Å². The third-order valence-electron chi connectivity index (χ3n) is 4.36. The van der Waals surface area contributed by atoms with Gasteiger partial charge in [0, 0.05) is 5.69 Å². The van der Waals surface area contributed by atoms with Crippen LogP contribution in [0.1, 0.15) is 43.5 Å². The predicted octanol–water partition coefficient (Wildman–Crippen LogP) is 3.25. The van der Waals surface area contributed by atoms with Crippen molar-refractivity contribution in [1.29, 1.82) is 0 Å². The van der Waals surface area contributed by atoms with Crippen LogP contribution in [0.3, 0.4) is 0 Å². The lowest BCUT2D eigenvalue weighted by Gasteiger charge is -2.27. The van der Waals surface area contributed by atoms with Crippen molar-refractivity contribution in [2.45, 2.75) is 39.2 Å². The maximum absolute atomic E-state index is 12.6. The number of rotatable bonds is 6. The van der Waals surface area contributed by atoms with Crippen LogP contribution in [0.2, 0.25) is 0 Å². The molecule has 1 aliphatic rings. The molecule has 0 aliphatic heterocycles. The molecule has 1 aromatic rings. The first-order valence-electron chi connectivity index (χ1n) is 8.42. The van der Waals surface area contributed by atoms with Crippen LogP contribution in [-0.2, 0) is 14.3 Å². The van der Waals surface area contributed by atoms with Crippen molar-refractivity contribution >= 4 is 23.5 Å². The summed E-state index contributed by atoms with van der Waals surface area (Å²) >= 11 is 0. The molecule has 0 saturated carbocycles. The lowest BCUT2D eigenvalue weighted by molar-refractivity contribution is -0.157. The van der Waals surface area contributed by atoms with Gasteiger partial charge in [-0.3, -0.25) is 9.59 Å². The Hall–Kier alpha value is -2.63. The van der Waals surface area contributed by atoms with Crippen molar-refractivity contribution in [1.82, 2.24) is 0 Å². The number of benzene rings is 1. The number of amides is 1. The van der Waals surface area contributed by atoms with Gasteiger partial charge in [0.15, 0.2) is 0 Å². The molecule has 0 fully saturated rings. The molecule has 0 unspecified atom stereocenters. The van der Waals surface area contributed by atoms with Crippen LogP contribution in [0.4, 0.5) is 5.69 Å². The second kappa shape index (κ2) is 8.46. The number of hydrogen-bond donors (Lipinski definition) is 2. The highest BCUT2D eigenvalue weighted by Gasteiger charge is 2.35. The molecule has 0 heterocycles. The number of allylic oxidation sites excluding steroid dienone is 2. The van der Waals surface area contributed by atoms with E-state index >= 15 is 0 Å². The van der Waals surface area contributed by atoms with Crippen molar-refractivity contribution < 1.29 is 24.2 Å². The fourth-order valence-corrected chi connectivity index (χ4v) is 2.66. The number of carbonyl (C=O) groups is 3. The van der Waals surface area contributed by atoms with E-state index in [1.807, 2.05) is 26.0 Å². The molecule has 134 valence electrons. The summed E-state index contributed by atoms with van der Waals surface area (Å²) in [6.07, 6.45) is 5.29. The van der Waals surface area contributed by atoms with Gasteiger partial charge in [-0.05, 0) is 50.5 Å². The Morgan fingerprint density at radius 2 is 1.76 bits per heavy atom. The van der Waals surface area contributed by atoms with Crippen LogP contribution < -0.4 is 5.32 Å². The molecular formula is C19H23NO5. The van der Waals surface area contributed by atoms with Crippen molar-refractivity contribution in [3.05, 3.63) is 42.0 Å². The largest absolute Gasteiger partial charge is 0.478 e. The zero-order valence-corrected chi connectivity index (χ0v) is 14.4. The van der Waals surface area contributed by atoms with Gasteiger partial charge < -0.3 is 15.2 Å². The number of hydrogen-bond acceptors (Lipinski definition) is 4. The topological polar surface area (TPSA) is 92.7 Å². The zero-order chi connectivity index (χ0) is 18.4. The molecule has 0 saturated heterocycles. The van der Waals surface area contributed by atoms with E-state index in [9.17, 15) is 14.4 Å². The smallest absolute Gasteiger partial charge is 0.335 e. The minimum Gasteiger partial charge on any atom is -0.478 e. The van der Waals surface area contributed by atoms with Gasteiger partial charge in [-0.2, -0.15) is 0 Å². The highest BCUT2D eigenvalue weighted by atomic mass is 16.5. The molecule has 3 atom stereocenters. The van der Waals surface area contributed by atoms with Crippen LogP contribution >= 0.6 is 0 Å². The average molecular weight is 345 g/mol. The van der Waals surface area contributed by atoms with Gasteiger partial charge in [0.25, 0.3) is 0 Å². The average Bonchev–Trinajstić information content (AvgIpc) is 2.61. The molecule has 1 amide bonds. The Balaban J connectivity index is 2.06. The molecule has 6 nitrogen and oxygen atoms in total. The summed E-state index contributed by atoms with van der Waals surface area (Å²) in [5.41, 5.74) is 0.646. The van der Waals surface area contributed by atoms with E-state index in [0.29, 0.717) is 18.5 Å². The van der Waals surface area contributed by atoms with Gasteiger partial charge in [-0.15, -0.1) is 0 Å². The van der Waals surface area contributed by atoms with Crippen molar-refractivity contribution in [2.24, 2.45) is 11.8 Å². The number of carboxylic acids is 1. The molecule has 0 spiro atoms. The SMILES string of the molecule is CC[C@@H](C)OC(=O)[C@@H]1CC=CC[C@@H]1C(=O)Nc1ccc(C(=O)O)cc1. The summed E-state index contributed by atoms with van der Waals surface area (Å²) in [6.45, 7) is 3.76. The fraction of sp³-hybridized carbons (Fsp3) is 0.421. The molecule has 1 aliphatic carbocycles. The van der Waals surface area contributed by atoms with Crippen molar-refractivity contribution in [3.63, 3.8) is 0 Å². The minimum absolute atomic E-state index is 0.147. The summed E-state index contributed by atoms with van der Waals surface area (Å²) in [4.78, 5) is 35.8. The molecule has 0 radical (unpaired) electrons. The number of anilines is 1. The maximum atomic E-state index is 12.6. The Morgan fingerprint density at radius 3 is 2.32 bits per heavy atom. The summed E-state index contributed by atoms with van der Waals surface area (Å²) in [7, 11) is 0. The van der Waals surface area contributed by atoms with Gasteiger partial charge in [-0.25, -0.2) is 4.79 Å². The summed E-state index contributed by atoms with van der Waals surface area (Å²) in [5, 5.41) is 11.7. The van der Waals surface area contributed by atoms with E-state index in [1.165, 1.54) is 24.3 Å². The van der Waals surface area contributed by atoms with Crippen LogP contribution in [-0.4, -0.2) is 29.1 Å². The van der Waals surface area contributed by atoms with Gasteiger partial charge in [0.05, 0.1) is 23.5 Å². The lowest BCUT2D eigenvalue weighted by Crippen LogP contribution is -2.36. The highest BCUT2D eigenvalue weighted by molar-refractivity contribution is 5.96. The second-order valence-corrected chi connectivity index (χ2v) is 6.18. The standard InChI is InChI=1S/C19H23NO5/c1-3-12(2)25-19(24)16-7-5-4-6-15(16)17(21)20-14-10-8-13(9-11-14)18(22)23/h4-5,8-12,15-16H,3,6-7H2,1-2H3,(H,20,21)(H,22,23)/t12-,15+,16-/m1/s1. The van der Waals surface area contributed by atoms with E-state index < -0.39 is 17.8 Å². The van der Waals surface area contributed by atoms with Crippen molar-refractivity contribution in [3.8, 4) is 0 Å². The highest BCUT2D eigenvalue weighted by Crippen LogP contribution is 2.28. The number of carbonyl (C=O) groups excluding carboxylic acids is 2. The molecule has 2 N–H and O–H groups in total. The van der Waals surface area contributed by atoms with Gasteiger partial charge in [0.1, 0.15) is 0 Å². The molecule has 6 heteroatoms. The first-order chi connectivity index (χ1) is 11.9. The quantitative estimate of drug-likeness (QED) is 0.610. The number of aromatic carboxylic acids is 1. The number of nitrogens with one attached hydrogen (secondary N) is 1. The first kappa shape index (κ1) is 18.7. The number of ether oxygens (including phenoxy) is 1. The van der Waals surface area contributed by atoms with E-state index in [-0.39, 0.29) is 23.5 Å². The third kappa shape index (κ3) is 4.92. The molecule has 0 bridgehead atoms. The monoisotopic (exact) mass is 345 g/mol. The second-order valence-electron chi connectivity index (χ2n) is 6.18. The normalized spacial score (nSPS) is 20.6.